The van der Waals surface area contributed by atoms with E-state index in [1.165, 1.54) is 50.2 Å². The molecule has 1 saturated carbocycles. The van der Waals surface area contributed by atoms with Gasteiger partial charge in [0.15, 0.2) is 0 Å². The lowest BCUT2D eigenvalue weighted by molar-refractivity contribution is -0.169. The van der Waals surface area contributed by atoms with Crippen molar-refractivity contribution < 1.29 is 58.2 Å². The minimum absolute atomic E-state index is 0.0741. The number of nitrogens with zero attached hydrogens (tertiary/aromatic N) is 3. The SMILES string of the molecule is C[C@@H](O)[C@@H](C)Oc1nc(Nc2ccc(S(=O)(=NC(=O)C(F)(F)F)C3CC3)cc2)ncc1C(F)(F)F.O=S(=O)(O)c1ccccc1. The minimum Gasteiger partial charge on any atom is -0.471 e. The van der Waals surface area contributed by atoms with Gasteiger partial charge >= 0.3 is 18.3 Å². The average Bonchev–Trinajstić information content (AvgIpc) is 3.79. The van der Waals surface area contributed by atoms with E-state index in [2.05, 4.69) is 19.6 Å². The normalized spacial score (nSPS) is 16.3. The lowest BCUT2D eigenvalue weighted by Gasteiger charge is -2.20. The summed E-state index contributed by atoms with van der Waals surface area (Å²) in [5.41, 5.74) is -1.06. The largest absolute Gasteiger partial charge is 0.474 e. The summed E-state index contributed by atoms with van der Waals surface area (Å²) >= 11 is 0. The Morgan fingerprint density at radius 3 is 2.00 bits per heavy atom. The van der Waals surface area contributed by atoms with E-state index in [0.29, 0.717) is 19.0 Å². The highest BCUT2D eigenvalue weighted by atomic mass is 32.2. The van der Waals surface area contributed by atoms with Crippen LogP contribution in [0.5, 0.6) is 5.88 Å². The molecule has 1 heterocycles. The molecule has 1 aliphatic carbocycles. The molecular weight excluding hydrogens is 658 g/mol. The third kappa shape index (κ3) is 9.84. The number of aliphatic hydroxyl groups excluding tert-OH is 1. The summed E-state index contributed by atoms with van der Waals surface area (Å²) in [6.45, 7) is 2.68. The fourth-order valence-corrected chi connectivity index (χ4v) is 6.11. The predicted octanol–water partition coefficient (Wildman–Crippen LogP) is 5.40. The number of alkyl halides is 6. The van der Waals surface area contributed by atoms with Gasteiger partial charge in [0, 0.05) is 22.0 Å². The number of anilines is 2. The van der Waals surface area contributed by atoms with Gasteiger partial charge in [-0.3, -0.25) is 9.35 Å². The maximum absolute atomic E-state index is 13.3. The van der Waals surface area contributed by atoms with Crippen LogP contribution in [0.2, 0.25) is 0 Å². The highest BCUT2D eigenvalue weighted by Crippen LogP contribution is 2.38. The van der Waals surface area contributed by atoms with Crippen molar-refractivity contribution >= 4 is 37.4 Å². The molecule has 3 aromatic rings. The summed E-state index contributed by atoms with van der Waals surface area (Å²) in [4.78, 5) is 18.5. The molecule has 1 aromatic heterocycles. The number of carbonyl (C=O) groups excluding carboxylic acids is 1. The maximum Gasteiger partial charge on any atom is 0.474 e. The van der Waals surface area contributed by atoms with Crippen LogP contribution in [0.3, 0.4) is 0 Å². The number of ether oxygens (including phenoxy) is 1. The highest BCUT2D eigenvalue weighted by Gasteiger charge is 2.43. The van der Waals surface area contributed by atoms with E-state index in [1.54, 1.807) is 18.2 Å². The summed E-state index contributed by atoms with van der Waals surface area (Å²) in [7, 11) is -7.67. The molecule has 45 heavy (non-hydrogen) atoms. The van der Waals surface area contributed by atoms with Gasteiger partial charge in [-0.25, -0.2) is 9.19 Å². The molecule has 1 amide bonds. The van der Waals surface area contributed by atoms with Crippen molar-refractivity contribution in [3.8, 4) is 5.88 Å². The van der Waals surface area contributed by atoms with Crippen molar-refractivity contribution in [2.45, 2.75) is 66.3 Å². The van der Waals surface area contributed by atoms with Gasteiger partial charge in [0.2, 0.25) is 11.8 Å². The average molecular weight is 685 g/mol. The van der Waals surface area contributed by atoms with Gasteiger partial charge in [0.05, 0.1) is 20.7 Å². The molecule has 0 bridgehead atoms. The first-order valence-corrected chi connectivity index (χ1v) is 15.8. The lowest BCUT2D eigenvalue weighted by atomic mass is 10.2. The molecule has 2 aromatic carbocycles. The Hall–Kier alpha value is -3.81. The minimum atomic E-state index is -5.26. The van der Waals surface area contributed by atoms with E-state index in [0.717, 1.165) is 0 Å². The van der Waals surface area contributed by atoms with Crippen molar-refractivity contribution in [1.82, 2.24) is 9.97 Å². The first-order chi connectivity index (χ1) is 20.7. The zero-order valence-corrected chi connectivity index (χ0v) is 24.9. The second-order valence-corrected chi connectivity index (χ2v) is 13.5. The zero-order valence-electron chi connectivity index (χ0n) is 23.3. The molecule has 246 valence electrons. The van der Waals surface area contributed by atoms with E-state index in [4.69, 9.17) is 9.29 Å². The molecule has 1 unspecified atom stereocenters. The van der Waals surface area contributed by atoms with Crippen LogP contribution in [0, 0.1) is 0 Å². The van der Waals surface area contributed by atoms with Crippen molar-refractivity contribution in [3.05, 3.63) is 66.4 Å². The maximum atomic E-state index is 13.3. The molecule has 3 atom stereocenters. The van der Waals surface area contributed by atoms with Crippen molar-refractivity contribution in [1.29, 1.82) is 0 Å². The second-order valence-electron chi connectivity index (χ2n) is 9.57. The van der Waals surface area contributed by atoms with Gasteiger partial charge in [-0.15, -0.1) is 4.36 Å². The van der Waals surface area contributed by atoms with Gasteiger partial charge in [-0.1, -0.05) is 18.2 Å². The molecule has 11 nitrogen and oxygen atoms in total. The van der Waals surface area contributed by atoms with Crippen LogP contribution >= 0.6 is 0 Å². The van der Waals surface area contributed by atoms with Gasteiger partial charge in [-0.2, -0.15) is 39.7 Å². The third-order valence-electron chi connectivity index (χ3n) is 5.96. The Morgan fingerprint density at radius 2 is 1.56 bits per heavy atom. The summed E-state index contributed by atoms with van der Waals surface area (Å²) in [5.74, 6) is -3.56. The Kier molecular flexibility index (Phi) is 10.8. The van der Waals surface area contributed by atoms with E-state index in [1.807, 2.05) is 0 Å². The Bertz CT molecular complexity index is 1720. The Balaban J connectivity index is 0.000000468. The van der Waals surface area contributed by atoms with Crippen LogP contribution in [0.25, 0.3) is 0 Å². The highest BCUT2D eigenvalue weighted by molar-refractivity contribution is 7.94. The molecular formula is C26H26F6N4O7S2. The van der Waals surface area contributed by atoms with E-state index >= 15 is 0 Å². The van der Waals surface area contributed by atoms with E-state index < -0.39 is 67.0 Å². The quantitative estimate of drug-likeness (QED) is 0.206. The smallest absolute Gasteiger partial charge is 0.471 e. The molecule has 3 N–H and O–H groups in total. The summed E-state index contributed by atoms with van der Waals surface area (Å²) in [6, 6.07) is 12.4. The van der Waals surface area contributed by atoms with Crippen LogP contribution in [0.4, 0.5) is 38.0 Å². The number of aliphatic hydroxyl groups is 1. The molecule has 4 rings (SSSR count). The van der Waals surface area contributed by atoms with Gasteiger partial charge in [-0.05, 0) is 63.1 Å². The van der Waals surface area contributed by atoms with Crippen LogP contribution in [0.1, 0.15) is 32.3 Å². The van der Waals surface area contributed by atoms with Crippen molar-refractivity contribution in [2.24, 2.45) is 4.36 Å². The van der Waals surface area contributed by atoms with E-state index in [-0.39, 0.29) is 21.4 Å². The van der Waals surface area contributed by atoms with Gasteiger partial charge in [0.1, 0.15) is 11.7 Å². The monoisotopic (exact) mass is 684 g/mol. The number of amides is 1. The summed E-state index contributed by atoms with van der Waals surface area (Å²) in [6.07, 6.45) is -11.0. The zero-order chi connectivity index (χ0) is 33.8. The number of halogens is 6. The number of benzene rings is 2. The number of aromatic nitrogens is 2. The molecule has 1 fully saturated rings. The van der Waals surface area contributed by atoms with Crippen LogP contribution in [0.15, 0.2) is 74.9 Å². The van der Waals surface area contributed by atoms with Gasteiger partial charge in [0.25, 0.3) is 10.1 Å². The molecule has 0 aliphatic heterocycles. The number of hydrogen-bond donors (Lipinski definition) is 3. The number of hydrogen-bond acceptors (Lipinski definition) is 9. The number of carbonyl (C=O) groups is 1. The first kappa shape index (κ1) is 35.7. The molecule has 0 saturated heterocycles. The first-order valence-electron chi connectivity index (χ1n) is 12.8. The van der Waals surface area contributed by atoms with Crippen LogP contribution in [-0.2, 0) is 30.8 Å². The number of nitrogens with one attached hydrogen (secondary N) is 1. The fourth-order valence-electron chi connectivity index (χ4n) is 3.32. The predicted molar refractivity (Wildman–Crippen MR) is 148 cm³/mol. The molecule has 0 radical (unpaired) electrons. The molecule has 1 aliphatic rings. The Morgan fingerprint density at radius 1 is 0.978 bits per heavy atom. The summed E-state index contributed by atoms with van der Waals surface area (Å²) < 4.78 is 128. The van der Waals surface area contributed by atoms with Crippen molar-refractivity contribution in [3.63, 3.8) is 0 Å². The third-order valence-corrected chi connectivity index (χ3v) is 9.59. The second kappa shape index (κ2) is 13.7. The molecule has 19 heteroatoms. The number of rotatable bonds is 8. The van der Waals surface area contributed by atoms with E-state index in [9.17, 15) is 48.9 Å². The molecule has 0 spiro atoms. The Labute approximate surface area is 253 Å². The van der Waals surface area contributed by atoms with Crippen LogP contribution < -0.4 is 10.1 Å². The summed E-state index contributed by atoms with van der Waals surface area (Å²) in [5, 5.41) is 11.5. The lowest BCUT2D eigenvalue weighted by Crippen LogP contribution is -2.27. The van der Waals surface area contributed by atoms with Crippen LogP contribution in [-0.4, -0.2) is 61.8 Å². The van der Waals surface area contributed by atoms with Gasteiger partial charge < -0.3 is 15.2 Å². The standard InChI is InChI=1S/C20H20F6N4O4S.C6H6O3S/c1-10(31)11(2)34-16-15(19(21,22)23)9-27-18(29-16)28-12-3-5-13(6-4-12)35(33,14-7-8-14)30-17(32)20(24,25)26;7-10(8,9)6-4-2-1-3-5-6/h3-6,9-11,14,31H,7-8H2,1-2H3,(H,27,28,29);1-5H,(H,7,8,9)/t10-,11-,35?;/m1./s1. The van der Waals surface area contributed by atoms with Crippen molar-refractivity contribution in [2.75, 3.05) is 5.32 Å². The fraction of sp³-hybridized carbons (Fsp3) is 0.346. The topological polar surface area (TPSA) is 168 Å².